The average Bonchev–Trinajstić information content (AvgIpc) is 2.47. The van der Waals surface area contributed by atoms with E-state index in [1.807, 2.05) is 24.3 Å². The molecular formula is C82H48N4O4. The lowest BCUT2D eigenvalue weighted by Gasteiger charge is -2.26. The number of furan rings is 4. The number of para-hydroxylation sites is 6. The minimum atomic E-state index is 0.792. The monoisotopic (exact) mass is 1150 g/mol. The first kappa shape index (κ1) is 48.9. The second-order valence-corrected chi connectivity index (χ2v) is 23.5. The van der Waals surface area contributed by atoms with E-state index in [1.54, 1.807) is 0 Å². The zero-order chi connectivity index (χ0) is 58.7. The molecule has 0 aliphatic carbocycles. The summed E-state index contributed by atoms with van der Waals surface area (Å²) in [6.07, 6.45) is 0. The maximum atomic E-state index is 6.97. The van der Waals surface area contributed by atoms with Gasteiger partial charge in [-0.3, -0.25) is 0 Å². The maximum Gasteiger partial charge on any atom is 0.137 e. The van der Waals surface area contributed by atoms with E-state index in [4.69, 9.17) is 17.7 Å². The molecule has 0 amide bonds. The van der Waals surface area contributed by atoms with Crippen molar-refractivity contribution in [3.8, 4) is 11.4 Å². The fourth-order valence-electron chi connectivity index (χ4n) is 14.7. The van der Waals surface area contributed by atoms with Crippen LogP contribution in [0.3, 0.4) is 0 Å². The number of nitrogens with zero attached hydrogens (tertiary/aromatic N) is 4. The van der Waals surface area contributed by atoms with E-state index in [-0.39, 0.29) is 0 Å². The highest BCUT2D eigenvalue weighted by Crippen LogP contribution is 2.48. The summed E-state index contributed by atoms with van der Waals surface area (Å²) in [6, 6.07) is 104. The SMILES string of the molecule is c1ccc(-n2c3ccccc3c3ccc(N(c4ccc5c(c4)oc4ccc6c(ccc7oc8cc(N(c9ccc%10oc%11ccccc%11c%10c9)c9ccc%10c%11ccccc%11n(-c%11ccccc%11)c%10c9)ccc8c76)c45)c4ccc5oc6ccccc6c5c4)cc32)cc1. The molecule has 20 aromatic rings. The zero-order valence-electron chi connectivity index (χ0n) is 48.1. The van der Waals surface area contributed by atoms with Gasteiger partial charge in [0, 0.05) is 122 Å². The summed E-state index contributed by atoms with van der Waals surface area (Å²) < 4.78 is 31.5. The van der Waals surface area contributed by atoms with E-state index in [0.29, 0.717) is 0 Å². The maximum absolute atomic E-state index is 6.97. The number of hydrogen-bond donors (Lipinski definition) is 0. The summed E-state index contributed by atoms with van der Waals surface area (Å²) in [5.74, 6) is 0. The van der Waals surface area contributed by atoms with Gasteiger partial charge in [0.05, 0.1) is 22.1 Å². The molecule has 0 saturated carbocycles. The van der Waals surface area contributed by atoms with Crippen LogP contribution in [0.15, 0.2) is 309 Å². The van der Waals surface area contributed by atoms with Gasteiger partial charge in [0.25, 0.3) is 0 Å². The molecule has 14 aromatic carbocycles. The third-order valence-electron chi connectivity index (χ3n) is 18.6. The van der Waals surface area contributed by atoms with Crippen molar-refractivity contribution >= 4 is 176 Å². The molecule has 0 fully saturated rings. The van der Waals surface area contributed by atoms with Crippen LogP contribution in [0.1, 0.15) is 0 Å². The molecule has 8 heteroatoms. The zero-order valence-corrected chi connectivity index (χ0v) is 48.1. The van der Waals surface area contributed by atoms with E-state index >= 15 is 0 Å². The molecule has 0 saturated heterocycles. The fraction of sp³-hybridized carbons (Fsp3) is 0. The van der Waals surface area contributed by atoms with Gasteiger partial charge >= 0.3 is 0 Å². The van der Waals surface area contributed by atoms with Crippen LogP contribution >= 0.6 is 0 Å². The third kappa shape index (κ3) is 7.12. The summed E-state index contributed by atoms with van der Waals surface area (Å²) >= 11 is 0. The molecule has 420 valence electrons. The van der Waals surface area contributed by atoms with Crippen molar-refractivity contribution in [2.45, 2.75) is 0 Å². The molecule has 8 nitrogen and oxygen atoms in total. The topological polar surface area (TPSA) is 68.9 Å². The number of fused-ring (bicyclic) bond motifs is 21. The Kier molecular flexibility index (Phi) is 10.1. The molecule has 6 aromatic heterocycles. The number of hydrogen-bond acceptors (Lipinski definition) is 6. The van der Waals surface area contributed by atoms with E-state index in [9.17, 15) is 0 Å². The molecule has 0 N–H and O–H groups in total. The molecule has 0 radical (unpaired) electrons. The van der Waals surface area contributed by atoms with Gasteiger partial charge in [0.1, 0.15) is 44.7 Å². The number of anilines is 6. The van der Waals surface area contributed by atoms with Gasteiger partial charge in [-0.2, -0.15) is 0 Å². The Morgan fingerprint density at radius 1 is 0.189 bits per heavy atom. The van der Waals surface area contributed by atoms with Crippen LogP contribution in [0, 0.1) is 0 Å². The van der Waals surface area contributed by atoms with Gasteiger partial charge in [-0.15, -0.1) is 0 Å². The smallest absolute Gasteiger partial charge is 0.137 e. The predicted octanol–water partition coefficient (Wildman–Crippen LogP) is 23.6. The average molecular weight is 1150 g/mol. The first-order valence-corrected chi connectivity index (χ1v) is 30.4. The Morgan fingerprint density at radius 3 is 0.956 bits per heavy atom. The highest BCUT2D eigenvalue weighted by atomic mass is 16.3. The molecule has 0 spiro atoms. The van der Waals surface area contributed by atoms with Gasteiger partial charge < -0.3 is 36.6 Å². The largest absolute Gasteiger partial charge is 0.456 e. The van der Waals surface area contributed by atoms with Crippen LogP contribution in [0.5, 0.6) is 0 Å². The van der Waals surface area contributed by atoms with Gasteiger partial charge in [-0.1, -0.05) is 121 Å². The highest BCUT2D eigenvalue weighted by molar-refractivity contribution is 6.28. The Morgan fingerprint density at radius 2 is 0.500 bits per heavy atom. The van der Waals surface area contributed by atoms with Crippen molar-refractivity contribution in [3.63, 3.8) is 0 Å². The number of aromatic nitrogens is 2. The van der Waals surface area contributed by atoms with Crippen molar-refractivity contribution in [2.75, 3.05) is 9.80 Å². The van der Waals surface area contributed by atoms with Crippen molar-refractivity contribution < 1.29 is 17.7 Å². The highest BCUT2D eigenvalue weighted by Gasteiger charge is 2.25. The summed E-state index contributed by atoms with van der Waals surface area (Å²) in [5.41, 5.74) is 19.3. The van der Waals surface area contributed by atoms with E-state index < -0.39 is 0 Å². The Balaban J connectivity index is 0.744. The second-order valence-electron chi connectivity index (χ2n) is 23.5. The molecule has 20 rings (SSSR count). The van der Waals surface area contributed by atoms with Gasteiger partial charge in [-0.25, -0.2) is 0 Å². The van der Waals surface area contributed by atoms with Gasteiger partial charge in [-0.05, 0) is 168 Å². The predicted molar refractivity (Wildman–Crippen MR) is 371 cm³/mol. The summed E-state index contributed by atoms with van der Waals surface area (Å²) in [6.45, 7) is 0. The van der Waals surface area contributed by atoms with Crippen molar-refractivity contribution in [2.24, 2.45) is 0 Å². The number of benzene rings is 14. The molecule has 0 aliphatic rings. The van der Waals surface area contributed by atoms with Crippen molar-refractivity contribution in [3.05, 3.63) is 291 Å². The van der Waals surface area contributed by atoms with E-state index in [1.165, 1.54) is 21.5 Å². The van der Waals surface area contributed by atoms with Gasteiger partial charge in [0.15, 0.2) is 0 Å². The lowest BCUT2D eigenvalue weighted by atomic mass is 9.99. The lowest BCUT2D eigenvalue weighted by Crippen LogP contribution is -2.10. The first-order valence-electron chi connectivity index (χ1n) is 30.4. The standard InChI is InChI=1S/C82H48N4O4/c1-3-15-49(16-4-1)85-69-23-11-7-19-57(69)59-33-27-53(45-71(59)85)83(51-31-39-75-67(43-51)61-21-9-13-25-73(61)87-75)55-29-35-65-79(47-55)89-77-41-37-64-63(81(65)77)38-42-78-82(64)66-36-30-56(48-80(66)90-78)84(52-32-40-76-68(44-52)62-22-10-14-26-74(62)88-76)54-28-34-60-58-20-8-12-24-70(58)86(72(60)46-54)50-17-5-2-6-18-50/h1-48H. The van der Waals surface area contributed by atoms with E-state index in [0.717, 1.165) is 166 Å². The van der Waals surface area contributed by atoms with Crippen LogP contribution in [-0.4, -0.2) is 9.13 Å². The Labute approximate surface area is 512 Å². The summed E-state index contributed by atoms with van der Waals surface area (Å²) in [5, 5.41) is 15.4. The van der Waals surface area contributed by atoms with Crippen LogP contribution in [-0.2, 0) is 0 Å². The Hall–Kier alpha value is -12.3. The minimum absolute atomic E-state index is 0.792. The molecule has 6 heterocycles. The minimum Gasteiger partial charge on any atom is -0.456 e. The number of rotatable bonds is 8. The first-order chi connectivity index (χ1) is 44.6. The summed E-state index contributed by atoms with van der Waals surface area (Å²) in [4.78, 5) is 4.69. The van der Waals surface area contributed by atoms with E-state index in [2.05, 4.69) is 286 Å². The van der Waals surface area contributed by atoms with Crippen LogP contribution in [0.2, 0.25) is 0 Å². The lowest BCUT2D eigenvalue weighted by molar-refractivity contribution is 0.668. The van der Waals surface area contributed by atoms with Gasteiger partial charge in [0.2, 0.25) is 0 Å². The summed E-state index contributed by atoms with van der Waals surface area (Å²) in [7, 11) is 0. The van der Waals surface area contributed by atoms with Crippen LogP contribution < -0.4 is 9.80 Å². The molecular weight excluding hydrogens is 1100 g/mol. The molecule has 0 atom stereocenters. The second kappa shape index (κ2) is 18.6. The normalized spacial score (nSPS) is 12.2. The molecule has 0 aliphatic heterocycles. The quantitative estimate of drug-likeness (QED) is 0.151. The molecule has 90 heavy (non-hydrogen) atoms. The molecule has 0 bridgehead atoms. The van der Waals surface area contributed by atoms with Crippen molar-refractivity contribution in [1.29, 1.82) is 0 Å². The van der Waals surface area contributed by atoms with Crippen LogP contribution in [0.25, 0.3) is 154 Å². The third-order valence-corrected chi connectivity index (χ3v) is 18.6. The molecule has 0 unspecified atom stereocenters. The van der Waals surface area contributed by atoms with Crippen molar-refractivity contribution in [1.82, 2.24) is 9.13 Å². The van der Waals surface area contributed by atoms with Crippen LogP contribution in [0.4, 0.5) is 34.1 Å². The fourth-order valence-corrected chi connectivity index (χ4v) is 14.7. The Bertz CT molecular complexity index is 5990.